The number of hydrogen-bond acceptors (Lipinski definition) is 2. The molecule has 2 aromatic heterocycles. The fourth-order valence-electron chi connectivity index (χ4n) is 9.10. The summed E-state index contributed by atoms with van der Waals surface area (Å²) in [4.78, 5) is 2.39. The lowest BCUT2D eigenvalue weighted by atomic mass is 9.99. The lowest BCUT2D eigenvalue weighted by Crippen LogP contribution is -2.10. The normalized spacial score (nSPS) is 11.9. The first kappa shape index (κ1) is 31.7. The van der Waals surface area contributed by atoms with Crippen molar-refractivity contribution in [2.45, 2.75) is 0 Å². The highest BCUT2D eigenvalue weighted by Crippen LogP contribution is 2.45. The van der Waals surface area contributed by atoms with Gasteiger partial charge in [0.2, 0.25) is 0 Å². The van der Waals surface area contributed by atoms with Gasteiger partial charge in [-0.15, -0.1) is 0 Å². The van der Waals surface area contributed by atoms with Gasteiger partial charge in [-0.05, 0) is 111 Å². The molecule has 266 valence electrons. The molecule has 2 heterocycles. The Morgan fingerprint density at radius 2 is 1.02 bits per heavy atom. The number of furan rings is 1. The summed E-state index contributed by atoms with van der Waals surface area (Å²) < 4.78 is 9.06. The zero-order valence-electron chi connectivity index (χ0n) is 30.9. The molecule has 0 saturated heterocycles. The van der Waals surface area contributed by atoms with Crippen molar-refractivity contribution in [1.29, 1.82) is 0 Å². The van der Waals surface area contributed by atoms with Crippen LogP contribution in [0.3, 0.4) is 0 Å². The summed E-state index contributed by atoms with van der Waals surface area (Å²) in [7, 11) is 0. The quantitative estimate of drug-likeness (QED) is 0.165. The van der Waals surface area contributed by atoms with E-state index in [2.05, 4.69) is 210 Å². The molecule has 0 bridgehead atoms. The number of rotatable bonds is 5. The molecule has 0 atom stereocenters. The molecule has 10 aromatic carbocycles. The van der Waals surface area contributed by atoms with Crippen molar-refractivity contribution >= 4 is 93.1 Å². The fraction of sp³-hybridized carbons (Fsp3) is 0. The summed E-state index contributed by atoms with van der Waals surface area (Å²) in [5, 5.41) is 11.9. The fourth-order valence-corrected chi connectivity index (χ4v) is 9.10. The van der Waals surface area contributed by atoms with Crippen molar-refractivity contribution < 1.29 is 4.42 Å². The molecule has 0 spiro atoms. The molecule has 3 heteroatoms. The van der Waals surface area contributed by atoms with Gasteiger partial charge in [0.15, 0.2) is 0 Å². The standard InChI is InChI=1S/C54H34N2O/c1-2-13-40(14-3-1)56-49-18-8-6-16-45(49)48-34-38(26-32-50(48)56)35-23-27-41(28-24-35)55(42-29-31-44-39(33-42)22-21-36-11-4-5-15-43(36)44)51-19-10-12-37-25-30-47-46-17-7-9-20-52(46)57-54(47)53(37)51/h1-34H. The number of anilines is 3. The van der Waals surface area contributed by atoms with E-state index in [1.54, 1.807) is 0 Å². The number of benzene rings is 10. The topological polar surface area (TPSA) is 21.3 Å². The van der Waals surface area contributed by atoms with Gasteiger partial charge in [0.05, 0.1) is 16.7 Å². The lowest BCUT2D eigenvalue weighted by molar-refractivity contribution is 0.672. The minimum atomic E-state index is 0.896. The average molecular weight is 727 g/mol. The lowest BCUT2D eigenvalue weighted by Gasteiger charge is -2.27. The van der Waals surface area contributed by atoms with Crippen molar-refractivity contribution in [2.24, 2.45) is 0 Å². The number of hydrogen-bond donors (Lipinski definition) is 0. The molecule has 57 heavy (non-hydrogen) atoms. The van der Waals surface area contributed by atoms with Gasteiger partial charge in [-0.1, -0.05) is 133 Å². The predicted molar refractivity (Wildman–Crippen MR) is 241 cm³/mol. The molecule has 0 aliphatic carbocycles. The summed E-state index contributed by atoms with van der Waals surface area (Å²) in [5.41, 5.74) is 10.9. The molecule has 0 unspecified atom stereocenters. The minimum Gasteiger partial charge on any atom is -0.455 e. The molecule has 3 nitrogen and oxygen atoms in total. The van der Waals surface area contributed by atoms with Gasteiger partial charge in [-0.25, -0.2) is 0 Å². The van der Waals surface area contributed by atoms with Crippen LogP contribution < -0.4 is 4.90 Å². The summed E-state index contributed by atoms with van der Waals surface area (Å²) in [6.45, 7) is 0. The Hall–Kier alpha value is -7.62. The molecule has 0 N–H and O–H groups in total. The highest BCUT2D eigenvalue weighted by atomic mass is 16.3. The van der Waals surface area contributed by atoms with Crippen LogP contribution in [0, 0.1) is 0 Å². The summed E-state index contributed by atoms with van der Waals surface area (Å²) in [5.74, 6) is 0. The largest absolute Gasteiger partial charge is 0.455 e. The third-order valence-electron chi connectivity index (χ3n) is 11.7. The monoisotopic (exact) mass is 726 g/mol. The van der Waals surface area contributed by atoms with Crippen molar-refractivity contribution in [3.63, 3.8) is 0 Å². The molecular weight excluding hydrogens is 693 g/mol. The van der Waals surface area contributed by atoms with Crippen LogP contribution in [-0.4, -0.2) is 4.57 Å². The van der Waals surface area contributed by atoms with Crippen molar-refractivity contribution in [3.8, 4) is 16.8 Å². The van der Waals surface area contributed by atoms with Gasteiger partial charge in [0, 0.05) is 44.0 Å². The molecule has 0 aliphatic rings. The van der Waals surface area contributed by atoms with Gasteiger partial charge >= 0.3 is 0 Å². The maximum Gasteiger partial charge on any atom is 0.145 e. The Bertz CT molecular complexity index is 3520. The van der Waals surface area contributed by atoms with Crippen LogP contribution in [0.2, 0.25) is 0 Å². The third-order valence-corrected chi connectivity index (χ3v) is 11.7. The van der Waals surface area contributed by atoms with E-state index < -0.39 is 0 Å². The first-order valence-electron chi connectivity index (χ1n) is 19.5. The number of fused-ring (bicyclic) bond motifs is 11. The van der Waals surface area contributed by atoms with Crippen LogP contribution in [0.4, 0.5) is 17.1 Å². The van der Waals surface area contributed by atoms with E-state index in [9.17, 15) is 0 Å². The maximum atomic E-state index is 6.69. The third kappa shape index (κ3) is 4.92. The Labute approximate surface area is 328 Å². The van der Waals surface area contributed by atoms with E-state index in [4.69, 9.17) is 4.42 Å². The van der Waals surface area contributed by atoms with Crippen molar-refractivity contribution in [2.75, 3.05) is 4.90 Å². The summed E-state index contributed by atoms with van der Waals surface area (Å²) >= 11 is 0. The maximum absolute atomic E-state index is 6.69. The zero-order valence-corrected chi connectivity index (χ0v) is 30.9. The second-order valence-electron chi connectivity index (χ2n) is 14.9. The Morgan fingerprint density at radius 3 is 1.91 bits per heavy atom. The van der Waals surface area contributed by atoms with Gasteiger partial charge < -0.3 is 13.9 Å². The van der Waals surface area contributed by atoms with Crippen LogP contribution in [0.15, 0.2) is 211 Å². The van der Waals surface area contributed by atoms with E-state index in [1.165, 1.54) is 54.5 Å². The number of para-hydroxylation sites is 3. The van der Waals surface area contributed by atoms with Crippen LogP contribution in [-0.2, 0) is 0 Å². The van der Waals surface area contributed by atoms with E-state index in [-0.39, 0.29) is 0 Å². The molecule has 12 rings (SSSR count). The molecule has 12 aromatic rings. The number of aromatic nitrogens is 1. The molecule has 0 aliphatic heterocycles. The highest BCUT2D eigenvalue weighted by Gasteiger charge is 2.21. The minimum absolute atomic E-state index is 0.896. The number of nitrogens with zero attached hydrogens (tertiary/aromatic N) is 2. The van der Waals surface area contributed by atoms with Crippen molar-refractivity contribution in [1.82, 2.24) is 4.57 Å². The van der Waals surface area contributed by atoms with Crippen LogP contribution in [0.5, 0.6) is 0 Å². The van der Waals surface area contributed by atoms with Crippen LogP contribution in [0.1, 0.15) is 0 Å². The van der Waals surface area contributed by atoms with E-state index in [0.717, 1.165) is 55.5 Å². The molecular formula is C54H34N2O. The van der Waals surface area contributed by atoms with Gasteiger partial charge in [-0.2, -0.15) is 0 Å². The second-order valence-corrected chi connectivity index (χ2v) is 14.9. The Balaban J connectivity index is 1.04. The van der Waals surface area contributed by atoms with E-state index >= 15 is 0 Å². The van der Waals surface area contributed by atoms with E-state index in [0.29, 0.717) is 0 Å². The zero-order chi connectivity index (χ0) is 37.5. The van der Waals surface area contributed by atoms with Gasteiger partial charge in [0.25, 0.3) is 0 Å². The first-order valence-corrected chi connectivity index (χ1v) is 19.5. The average Bonchev–Trinajstić information content (AvgIpc) is 3.83. The highest BCUT2D eigenvalue weighted by molar-refractivity contribution is 6.20. The van der Waals surface area contributed by atoms with E-state index in [1.807, 2.05) is 6.07 Å². The second kappa shape index (κ2) is 12.5. The van der Waals surface area contributed by atoms with Crippen LogP contribution >= 0.6 is 0 Å². The molecule has 0 amide bonds. The Morgan fingerprint density at radius 1 is 0.368 bits per heavy atom. The van der Waals surface area contributed by atoms with Gasteiger partial charge in [-0.3, -0.25) is 0 Å². The first-order chi connectivity index (χ1) is 28.3. The van der Waals surface area contributed by atoms with Crippen LogP contribution in [0.25, 0.3) is 92.9 Å². The molecule has 0 radical (unpaired) electrons. The smallest absolute Gasteiger partial charge is 0.145 e. The Kier molecular flexibility index (Phi) is 6.93. The SMILES string of the molecule is c1ccc(-n2c3ccccc3c3cc(-c4ccc(N(c5ccc6c(ccc7ccccc76)c5)c5cccc6ccc7c8ccccc8oc7c56)cc4)ccc32)cc1. The van der Waals surface area contributed by atoms with Gasteiger partial charge in [0.1, 0.15) is 11.2 Å². The summed E-state index contributed by atoms with van der Waals surface area (Å²) in [6, 6.07) is 74.5. The molecule has 0 fully saturated rings. The molecule has 0 saturated carbocycles. The van der Waals surface area contributed by atoms with Crippen molar-refractivity contribution in [3.05, 3.63) is 206 Å². The predicted octanol–water partition coefficient (Wildman–Crippen LogP) is 15.3. The summed E-state index contributed by atoms with van der Waals surface area (Å²) in [6.07, 6.45) is 0.